The molecule has 0 saturated carbocycles. The monoisotopic (exact) mass is 300 g/mol. The molecule has 0 radical (unpaired) electrons. The summed E-state index contributed by atoms with van der Waals surface area (Å²) in [4.78, 5) is 11.5. The number of rotatable bonds is 3. The van der Waals surface area contributed by atoms with Crippen LogP contribution in [0.2, 0.25) is 0 Å². The highest BCUT2D eigenvalue weighted by Gasteiger charge is 2.25. The predicted molar refractivity (Wildman–Crippen MR) is 81.5 cm³/mol. The number of carbonyl (C=O) groups is 1. The van der Waals surface area contributed by atoms with Gasteiger partial charge in [-0.05, 0) is 37.1 Å². The van der Waals surface area contributed by atoms with Gasteiger partial charge in [-0.25, -0.2) is 4.79 Å². The summed E-state index contributed by atoms with van der Waals surface area (Å²) >= 11 is 0. The van der Waals surface area contributed by atoms with Crippen molar-refractivity contribution in [2.24, 2.45) is 7.05 Å². The van der Waals surface area contributed by atoms with Gasteiger partial charge in [0.2, 0.25) is 0 Å². The van der Waals surface area contributed by atoms with Gasteiger partial charge in [-0.2, -0.15) is 0 Å². The summed E-state index contributed by atoms with van der Waals surface area (Å²) in [7, 11) is 3.28. The van der Waals surface area contributed by atoms with Crippen molar-refractivity contribution >= 4 is 5.97 Å². The van der Waals surface area contributed by atoms with Gasteiger partial charge in [-0.15, -0.1) is 5.10 Å². The van der Waals surface area contributed by atoms with E-state index in [1.54, 1.807) is 4.68 Å². The summed E-state index contributed by atoms with van der Waals surface area (Å²) in [6.07, 6.45) is 4.04. The number of hydrogen-bond donors (Lipinski definition) is 1. The highest BCUT2D eigenvalue weighted by molar-refractivity contribution is 5.89. The van der Waals surface area contributed by atoms with Crippen LogP contribution in [-0.2, 0) is 11.8 Å². The summed E-state index contributed by atoms with van der Waals surface area (Å²) in [5.41, 5.74) is 2.81. The smallest absolute Gasteiger partial charge is 0.337 e. The number of carbonyl (C=O) groups excluding carboxylic acids is 1. The highest BCUT2D eigenvalue weighted by atomic mass is 16.5. The van der Waals surface area contributed by atoms with Crippen molar-refractivity contribution < 1.29 is 9.53 Å². The molecule has 1 N–H and O–H groups in total. The summed E-state index contributed by atoms with van der Waals surface area (Å²) in [6, 6.07) is 7.88. The van der Waals surface area contributed by atoms with E-state index in [-0.39, 0.29) is 12.0 Å². The minimum atomic E-state index is -0.305. The van der Waals surface area contributed by atoms with Gasteiger partial charge < -0.3 is 10.1 Å². The average Bonchev–Trinajstić information content (AvgIpc) is 3.01. The van der Waals surface area contributed by atoms with Crippen LogP contribution in [0.1, 0.15) is 46.4 Å². The first-order valence-corrected chi connectivity index (χ1v) is 7.45. The fraction of sp³-hybridized carbons (Fsp3) is 0.438. The fourth-order valence-electron chi connectivity index (χ4n) is 2.96. The molecule has 2 atom stereocenters. The third kappa shape index (κ3) is 3.01. The fourth-order valence-corrected chi connectivity index (χ4v) is 2.96. The first-order chi connectivity index (χ1) is 10.7. The topological polar surface area (TPSA) is 69.0 Å². The Morgan fingerprint density at radius 1 is 1.36 bits per heavy atom. The van der Waals surface area contributed by atoms with E-state index in [2.05, 4.69) is 15.6 Å². The zero-order valence-corrected chi connectivity index (χ0v) is 12.8. The van der Waals surface area contributed by atoms with Crippen LogP contribution in [0.25, 0.3) is 0 Å². The van der Waals surface area contributed by atoms with Crippen LogP contribution in [0.4, 0.5) is 0 Å². The van der Waals surface area contributed by atoms with Crippen molar-refractivity contribution in [2.75, 3.05) is 13.7 Å². The molecule has 0 aliphatic carbocycles. The molecule has 1 aliphatic heterocycles. The molecule has 0 spiro atoms. The molecule has 2 heterocycles. The number of benzene rings is 1. The van der Waals surface area contributed by atoms with Crippen LogP contribution in [-0.4, -0.2) is 34.6 Å². The number of piperidine rings is 1. The van der Waals surface area contributed by atoms with E-state index in [0.717, 1.165) is 25.1 Å². The molecule has 0 bridgehead atoms. The lowest BCUT2D eigenvalue weighted by Gasteiger charge is -2.29. The Kier molecular flexibility index (Phi) is 4.20. The number of aryl methyl sites for hydroxylation is 1. The van der Waals surface area contributed by atoms with E-state index in [1.165, 1.54) is 12.7 Å². The van der Waals surface area contributed by atoms with Gasteiger partial charge in [-0.1, -0.05) is 17.3 Å². The van der Waals surface area contributed by atoms with Gasteiger partial charge in [0, 0.05) is 25.2 Å². The Bertz CT molecular complexity index is 650. The number of methoxy groups -OCH3 is 1. The average molecular weight is 300 g/mol. The molecular formula is C16H20N4O2. The number of aromatic nitrogens is 3. The van der Waals surface area contributed by atoms with Crippen molar-refractivity contribution in [1.82, 2.24) is 20.3 Å². The lowest BCUT2D eigenvalue weighted by atomic mass is 9.87. The van der Waals surface area contributed by atoms with E-state index in [9.17, 15) is 4.79 Å². The summed E-state index contributed by atoms with van der Waals surface area (Å²) in [5.74, 6) is 0.112. The second-order valence-electron chi connectivity index (χ2n) is 5.66. The third-order valence-corrected chi connectivity index (χ3v) is 4.18. The summed E-state index contributed by atoms with van der Waals surface area (Å²) < 4.78 is 6.47. The van der Waals surface area contributed by atoms with Crippen molar-refractivity contribution in [3.63, 3.8) is 0 Å². The van der Waals surface area contributed by atoms with Crippen molar-refractivity contribution in [3.8, 4) is 0 Å². The molecule has 2 unspecified atom stereocenters. The molecule has 6 heteroatoms. The molecule has 1 aromatic carbocycles. The Morgan fingerprint density at radius 2 is 2.14 bits per heavy atom. The van der Waals surface area contributed by atoms with Gasteiger partial charge in [0.15, 0.2) is 0 Å². The zero-order chi connectivity index (χ0) is 15.5. The molecule has 2 aromatic rings. The maximum atomic E-state index is 11.5. The summed E-state index contributed by atoms with van der Waals surface area (Å²) in [5, 5.41) is 11.8. The van der Waals surface area contributed by atoms with Crippen LogP contribution < -0.4 is 5.32 Å². The van der Waals surface area contributed by atoms with Gasteiger partial charge in [0.1, 0.15) is 0 Å². The minimum absolute atomic E-state index is 0.271. The van der Waals surface area contributed by atoms with Gasteiger partial charge in [0.25, 0.3) is 0 Å². The third-order valence-electron chi connectivity index (χ3n) is 4.18. The molecule has 1 aromatic heterocycles. The highest BCUT2D eigenvalue weighted by Crippen LogP contribution is 2.33. The lowest BCUT2D eigenvalue weighted by molar-refractivity contribution is 0.0600. The zero-order valence-electron chi connectivity index (χ0n) is 12.8. The molecule has 1 saturated heterocycles. The van der Waals surface area contributed by atoms with E-state index >= 15 is 0 Å². The van der Waals surface area contributed by atoms with E-state index in [1.807, 2.05) is 37.5 Å². The van der Waals surface area contributed by atoms with Crippen LogP contribution in [0.3, 0.4) is 0 Å². The van der Waals surface area contributed by atoms with Crippen LogP contribution in [0, 0.1) is 0 Å². The number of esters is 1. The van der Waals surface area contributed by atoms with E-state index < -0.39 is 0 Å². The Hall–Kier alpha value is -2.21. The van der Waals surface area contributed by atoms with Gasteiger partial charge >= 0.3 is 5.97 Å². The standard InChI is InChI=1S/C16H20N4O2/c1-20-10-15(18-19-20)13-7-8-17-14(9-13)11-3-5-12(6-4-11)16(21)22-2/h3-6,10,13-14,17H,7-9H2,1-2H3. The maximum Gasteiger partial charge on any atom is 0.337 e. The Labute approximate surface area is 129 Å². The summed E-state index contributed by atoms with van der Waals surface area (Å²) in [6.45, 7) is 0.949. The first-order valence-electron chi connectivity index (χ1n) is 7.45. The van der Waals surface area contributed by atoms with E-state index in [4.69, 9.17) is 4.74 Å². The quantitative estimate of drug-likeness (QED) is 0.876. The SMILES string of the molecule is COC(=O)c1ccc(C2CC(c3cn(C)nn3)CCN2)cc1. The lowest BCUT2D eigenvalue weighted by Crippen LogP contribution is -2.31. The molecule has 0 amide bonds. The number of hydrogen-bond acceptors (Lipinski definition) is 5. The largest absolute Gasteiger partial charge is 0.465 e. The van der Waals surface area contributed by atoms with Gasteiger partial charge in [0.05, 0.1) is 18.4 Å². The molecular weight excluding hydrogens is 280 g/mol. The Morgan fingerprint density at radius 3 is 2.77 bits per heavy atom. The molecule has 6 nitrogen and oxygen atoms in total. The van der Waals surface area contributed by atoms with Crippen LogP contribution in [0.15, 0.2) is 30.5 Å². The predicted octanol–water partition coefficient (Wildman–Crippen LogP) is 1.81. The van der Waals surface area contributed by atoms with Crippen LogP contribution >= 0.6 is 0 Å². The number of ether oxygens (including phenoxy) is 1. The molecule has 3 rings (SSSR count). The maximum absolute atomic E-state index is 11.5. The second kappa shape index (κ2) is 6.27. The Balaban J connectivity index is 1.73. The van der Waals surface area contributed by atoms with Crippen LogP contribution in [0.5, 0.6) is 0 Å². The molecule has 1 aliphatic rings. The number of nitrogens with zero attached hydrogens (tertiary/aromatic N) is 3. The van der Waals surface area contributed by atoms with Gasteiger partial charge in [-0.3, -0.25) is 4.68 Å². The molecule has 1 fully saturated rings. The first kappa shape index (κ1) is 14.7. The number of nitrogens with one attached hydrogen (secondary N) is 1. The van der Waals surface area contributed by atoms with Crippen molar-refractivity contribution in [1.29, 1.82) is 0 Å². The normalized spacial score (nSPS) is 21.5. The molecule has 116 valence electrons. The molecule has 22 heavy (non-hydrogen) atoms. The van der Waals surface area contributed by atoms with E-state index in [0.29, 0.717) is 11.5 Å². The second-order valence-corrected chi connectivity index (χ2v) is 5.66. The van der Waals surface area contributed by atoms with Crippen molar-refractivity contribution in [2.45, 2.75) is 24.8 Å². The van der Waals surface area contributed by atoms with Crippen molar-refractivity contribution in [3.05, 3.63) is 47.3 Å². The minimum Gasteiger partial charge on any atom is -0.465 e.